The molecule has 0 aliphatic heterocycles. The Balaban J connectivity index is 1.77. The van der Waals surface area contributed by atoms with E-state index in [1.807, 2.05) is 6.92 Å². The molecule has 0 bridgehead atoms. The second-order valence-corrected chi connectivity index (χ2v) is 4.33. The monoisotopic (exact) mass is 252 g/mol. The van der Waals surface area contributed by atoms with Gasteiger partial charge in [0.05, 0.1) is 5.69 Å². The van der Waals surface area contributed by atoms with E-state index in [2.05, 4.69) is 20.6 Å². The number of aromatic nitrogens is 2. The van der Waals surface area contributed by atoms with E-state index < -0.39 is 5.82 Å². The number of hydrogen-bond donors (Lipinski definition) is 2. The molecule has 0 saturated heterocycles. The molecule has 1 aromatic rings. The van der Waals surface area contributed by atoms with E-state index in [4.69, 9.17) is 0 Å². The first kappa shape index (κ1) is 12.7. The molecule has 1 saturated carbocycles. The molecule has 1 aliphatic rings. The first-order valence-corrected chi connectivity index (χ1v) is 6.23. The van der Waals surface area contributed by atoms with Crippen molar-refractivity contribution in [2.24, 2.45) is 5.92 Å². The van der Waals surface area contributed by atoms with Crippen LogP contribution in [0.2, 0.25) is 0 Å². The highest BCUT2D eigenvalue weighted by atomic mass is 19.1. The third-order valence-electron chi connectivity index (χ3n) is 2.86. The number of carbonyl (C=O) groups excluding carboxylic acids is 1. The van der Waals surface area contributed by atoms with Crippen LogP contribution in [0.5, 0.6) is 0 Å². The van der Waals surface area contributed by atoms with Crippen LogP contribution >= 0.6 is 0 Å². The average Bonchev–Trinajstić information content (AvgIpc) is 3.20. The predicted molar refractivity (Wildman–Crippen MR) is 65.6 cm³/mol. The van der Waals surface area contributed by atoms with E-state index in [0.717, 1.165) is 12.8 Å². The van der Waals surface area contributed by atoms with Gasteiger partial charge < -0.3 is 10.6 Å². The fraction of sp³-hybridized carbons (Fsp3) is 0.583. The lowest BCUT2D eigenvalue weighted by molar-refractivity contribution is -0.122. The molecule has 1 aromatic heterocycles. The van der Waals surface area contributed by atoms with Gasteiger partial charge in [0.25, 0.3) is 0 Å². The maximum absolute atomic E-state index is 13.7. The number of rotatable bonds is 6. The third kappa shape index (κ3) is 3.15. The maximum Gasteiger partial charge on any atom is 0.223 e. The van der Waals surface area contributed by atoms with Crippen LogP contribution in [0.1, 0.15) is 25.5 Å². The van der Waals surface area contributed by atoms with Crippen LogP contribution < -0.4 is 10.6 Å². The molecule has 18 heavy (non-hydrogen) atoms. The minimum absolute atomic E-state index is 0.0919. The molecule has 1 amide bonds. The Kier molecular flexibility index (Phi) is 4.07. The van der Waals surface area contributed by atoms with Crippen LogP contribution in [0, 0.1) is 11.7 Å². The molecule has 0 aromatic carbocycles. The molecular formula is C12H17FN4O. The smallest absolute Gasteiger partial charge is 0.223 e. The topological polar surface area (TPSA) is 66.9 Å². The van der Waals surface area contributed by atoms with Crippen molar-refractivity contribution >= 4 is 11.7 Å². The molecule has 0 unspecified atom stereocenters. The summed E-state index contributed by atoms with van der Waals surface area (Å²) < 4.78 is 13.7. The Morgan fingerprint density at radius 1 is 1.44 bits per heavy atom. The molecule has 1 fully saturated rings. The van der Waals surface area contributed by atoms with Gasteiger partial charge in [-0.15, -0.1) is 0 Å². The highest BCUT2D eigenvalue weighted by Gasteiger charge is 2.28. The summed E-state index contributed by atoms with van der Waals surface area (Å²) in [4.78, 5) is 19.0. The second kappa shape index (κ2) is 5.75. The van der Waals surface area contributed by atoms with Crippen molar-refractivity contribution < 1.29 is 9.18 Å². The van der Waals surface area contributed by atoms with Crippen LogP contribution in [0.3, 0.4) is 0 Å². The van der Waals surface area contributed by atoms with E-state index in [0.29, 0.717) is 25.2 Å². The van der Waals surface area contributed by atoms with E-state index in [9.17, 15) is 9.18 Å². The third-order valence-corrected chi connectivity index (χ3v) is 2.86. The van der Waals surface area contributed by atoms with Gasteiger partial charge in [-0.25, -0.2) is 14.4 Å². The number of hydrogen-bond acceptors (Lipinski definition) is 4. The lowest BCUT2D eigenvalue weighted by Gasteiger charge is -2.08. The van der Waals surface area contributed by atoms with Crippen LogP contribution in [0.25, 0.3) is 0 Å². The number of halogens is 1. The number of amides is 1. The van der Waals surface area contributed by atoms with Crippen molar-refractivity contribution in [1.82, 2.24) is 15.3 Å². The van der Waals surface area contributed by atoms with E-state index in [1.54, 1.807) is 0 Å². The van der Waals surface area contributed by atoms with Gasteiger partial charge in [0.15, 0.2) is 11.6 Å². The number of aryl methyl sites for hydroxylation is 1. The zero-order chi connectivity index (χ0) is 13.0. The summed E-state index contributed by atoms with van der Waals surface area (Å²) in [5, 5.41) is 5.66. The van der Waals surface area contributed by atoms with Crippen molar-refractivity contribution in [3.05, 3.63) is 17.8 Å². The molecule has 2 rings (SSSR count). The van der Waals surface area contributed by atoms with E-state index >= 15 is 0 Å². The maximum atomic E-state index is 13.7. The predicted octanol–water partition coefficient (Wildman–Crippen LogP) is 1.12. The molecule has 1 aliphatic carbocycles. The van der Waals surface area contributed by atoms with Gasteiger partial charge >= 0.3 is 0 Å². The van der Waals surface area contributed by atoms with Gasteiger partial charge in [0, 0.05) is 19.0 Å². The Hall–Kier alpha value is -1.72. The molecule has 6 heteroatoms. The fourth-order valence-electron chi connectivity index (χ4n) is 1.63. The quantitative estimate of drug-likeness (QED) is 0.744. The van der Waals surface area contributed by atoms with Crippen LogP contribution in [0.15, 0.2) is 6.33 Å². The summed E-state index contributed by atoms with van der Waals surface area (Å²) in [6.45, 7) is 2.76. The lowest BCUT2D eigenvalue weighted by atomic mass is 10.3. The van der Waals surface area contributed by atoms with Gasteiger partial charge in [-0.1, -0.05) is 6.92 Å². The molecule has 98 valence electrons. The van der Waals surface area contributed by atoms with E-state index in [1.165, 1.54) is 6.33 Å². The first-order valence-electron chi connectivity index (χ1n) is 6.23. The Labute approximate surface area is 105 Å². The Morgan fingerprint density at radius 3 is 2.89 bits per heavy atom. The van der Waals surface area contributed by atoms with Crippen LogP contribution in [0.4, 0.5) is 10.2 Å². The standard InChI is InChI=1S/C12H17FN4O/c1-2-9-10(13)11(17-7-16-9)14-5-6-15-12(18)8-3-4-8/h7-8H,2-6H2,1H3,(H,15,18)(H,14,16,17). The fourth-order valence-corrected chi connectivity index (χ4v) is 1.63. The Morgan fingerprint density at radius 2 is 2.22 bits per heavy atom. The molecule has 1 heterocycles. The minimum atomic E-state index is -0.409. The highest BCUT2D eigenvalue weighted by molar-refractivity contribution is 5.80. The second-order valence-electron chi connectivity index (χ2n) is 4.33. The van der Waals surface area contributed by atoms with Crippen LogP contribution in [-0.2, 0) is 11.2 Å². The molecular weight excluding hydrogens is 235 g/mol. The zero-order valence-electron chi connectivity index (χ0n) is 10.4. The normalized spacial score (nSPS) is 14.3. The first-order chi connectivity index (χ1) is 8.72. The van der Waals surface area contributed by atoms with Crippen LogP contribution in [-0.4, -0.2) is 29.0 Å². The summed E-state index contributed by atoms with van der Waals surface area (Å²) in [6.07, 6.45) is 3.84. The van der Waals surface area contributed by atoms with Crippen molar-refractivity contribution in [1.29, 1.82) is 0 Å². The molecule has 2 N–H and O–H groups in total. The van der Waals surface area contributed by atoms with Gasteiger partial charge in [-0.2, -0.15) is 0 Å². The summed E-state index contributed by atoms with van der Waals surface area (Å²) in [5.74, 6) is 0.0812. The summed E-state index contributed by atoms with van der Waals surface area (Å²) in [5.41, 5.74) is 0.398. The number of anilines is 1. The molecule has 0 radical (unpaired) electrons. The molecule has 0 atom stereocenters. The van der Waals surface area contributed by atoms with Crippen molar-refractivity contribution in [2.45, 2.75) is 26.2 Å². The van der Waals surface area contributed by atoms with Gasteiger partial charge in [-0.05, 0) is 19.3 Å². The number of nitrogens with one attached hydrogen (secondary N) is 2. The van der Waals surface area contributed by atoms with Crippen molar-refractivity contribution in [3.8, 4) is 0 Å². The van der Waals surface area contributed by atoms with Crippen molar-refractivity contribution in [3.63, 3.8) is 0 Å². The number of nitrogens with zero attached hydrogens (tertiary/aromatic N) is 2. The Bertz CT molecular complexity index is 434. The minimum Gasteiger partial charge on any atom is -0.366 e. The molecule has 5 nitrogen and oxygen atoms in total. The average molecular weight is 252 g/mol. The zero-order valence-corrected chi connectivity index (χ0v) is 10.4. The highest BCUT2D eigenvalue weighted by Crippen LogP contribution is 2.28. The lowest BCUT2D eigenvalue weighted by Crippen LogP contribution is -2.30. The SMILES string of the molecule is CCc1ncnc(NCCNC(=O)C2CC2)c1F. The largest absolute Gasteiger partial charge is 0.366 e. The van der Waals surface area contributed by atoms with E-state index in [-0.39, 0.29) is 17.6 Å². The van der Waals surface area contributed by atoms with Gasteiger partial charge in [-0.3, -0.25) is 4.79 Å². The van der Waals surface area contributed by atoms with Gasteiger partial charge in [0.1, 0.15) is 6.33 Å². The summed E-state index contributed by atoms with van der Waals surface area (Å²) in [6, 6.07) is 0. The van der Waals surface area contributed by atoms with Gasteiger partial charge in [0.2, 0.25) is 5.91 Å². The number of carbonyl (C=O) groups is 1. The van der Waals surface area contributed by atoms with Crippen molar-refractivity contribution in [2.75, 3.05) is 18.4 Å². The molecule has 0 spiro atoms. The summed E-state index contributed by atoms with van der Waals surface area (Å²) in [7, 11) is 0. The summed E-state index contributed by atoms with van der Waals surface area (Å²) >= 11 is 0.